The maximum absolute atomic E-state index is 11.4. The Labute approximate surface area is 149 Å². The largest absolute Gasteiger partial charge is 0.493 e. The second-order valence-electron chi connectivity index (χ2n) is 7.44. The molecule has 1 spiro atoms. The van der Waals surface area contributed by atoms with E-state index in [0.29, 0.717) is 0 Å². The maximum atomic E-state index is 11.4. The standard InChI is InChI=1S/C19H28N2O4/c1-20-13-19(11-15(20)18(22)23)6-8-21(9-7-19)12-14-4-5-16(24-2)17(10-14)25-3/h4-5,10,15H,6-9,11-13H2,1-3H3,(H,22,23)/t15-/m1/s1. The van der Waals surface area contributed by atoms with Gasteiger partial charge in [0.15, 0.2) is 11.5 Å². The lowest BCUT2D eigenvalue weighted by molar-refractivity contribution is -0.141. The minimum absolute atomic E-state index is 0.173. The third kappa shape index (κ3) is 3.75. The van der Waals surface area contributed by atoms with Gasteiger partial charge in [0.1, 0.15) is 6.04 Å². The van der Waals surface area contributed by atoms with Crippen LogP contribution in [0.25, 0.3) is 0 Å². The van der Waals surface area contributed by atoms with Crippen molar-refractivity contribution in [3.8, 4) is 11.5 Å². The van der Waals surface area contributed by atoms with Crippen molar-refractivity contribution in [2.45, 2.75) is 31.8 Å². The Kier molecular flexibility index (Phi) is 5.20. The molecule has 0 saturated carbocycles. The van der Waals surface area contributed by atoms with Crippen LogP contribution in [-0.2, 0) is 11.3 Å². The average molecular weight is 348 g/mol. The van der Waals surface area contributed by atoms with E-state index in [9.17, 15) is 9.90 Å². The van der Waals surface area contributed by atoms with Crippen LogP contribution < -0.4 is 9.47 Å². The topological polar surface area (TPSA) is 62.2 Å². The lowest BCUT2D eigenvalue weighted by Crippen LogP contribution is -2.40. The molecule has 6 nitrogen and oxygen atoms in total. The molecule has 1 aromatic rings. The van der Waals surface area contributed by atoms with E-state index in [4.69, 9.17) is 9.47 Å². The highest BCUT2D eigenvalue weighted by Gasteiger charge is 2.46. The van der Waals surface area contributed by atoms with Gasteiger partial charge in [0, 0.05) is 13.1 Å². The van der Waals surface area contributed by atoms with Gasteiger partial charge >= 0.3 is 5.97 Å². The molecule has 2 fully saturated rings. The maximum Gasteiger partial charge on any atom is 0.320 e. The Morgan fingerprint density at radius 2 is 1.92 bits per heavy atom. The molecule has 1 aromatic carbocycles. The van der Waals surface area contributed by atoms with Gasteiger partial charge in [0.05, 0.1) is 14.2 Å². The van der Waals surface area contributed by atoms with E-state index in [-0.39, 0.29) is 11.5 Å². The molecule has 2 heterocycles. The molecular formula is C19H28N2O4. The van der Waals surface area contributed by atoms with E-state index in [1.165, 1.54) is 5.56 Å². The van der Waals surface area contributed by atoms with E-state index in [1.54, 1.807) is 14.2 Å². The minimum atomic E-state index is -0.688. The number of hydrogen-bond donors (Lipinski definition) is 1. The van der Waals surface area contributed by atoms with Gasteiger partial charge in [-0.25, -0.2) is 0 Å². The summed E-state index contributed by atoms with van der Waals surface area (Å²) in [7, 11) is 5.23. The molecule has 1 N–H and O–H groups in total. The van der Waals surface area contributed by atoms with Crippen LogP contribution in [-0.4, -0.2) is 67.8 Å². The van der Waals surface area contributed by atoms with E-state index in [2.05, 4.69) is 11.0 Å². The number of benzene rings is 1. The Balaban J connectivity index is 1.59. The highest BCUT2D eigenvalue weighted by molar-refractivity contribution is 5.74. The molecule has 25 heavy (non-hydrogen) atoms. The van der Waals surface area contributed by atoms with Gasteiger partial charge < -0.3 is 14.6 Å². The SMILES string of the molecule is COc1ccc(CN2CCC3(CC2)C[C@H](C(=O)O)N(C)C3)cc1OC. The lowest BCUT2D eigenvalue weighted by Gasteiger charge is -2.39. The molecule has 6 heteroatoms. The molecule has 0 amide bonds. The van der Waals surface area contributed by atoms with Crippen molar-refractivity contribution < 1.29 is 19.4 Å². The summed E-state index contributed by atoms with van der Waals surface area (Å²) in [4.78, 5) is 15.8. The van der Waals surface area contributed by atoms with Gasteiger partial charge in [0.2, 0.25) is 0 Å². The molecular weight excluding hydrogens is 320 g/mol. The summed E-state index contributed by atoms with van der Waals surface area (Å²) in [5, 5.41) is 9.36. The van der Waals surface area contributed by atoms with Crippen molar-refractivity contribution in [2.75, 3.05) is 40.9 Å². The zero-order chi connectivity index (χ0) is 18.0. The number of likely N-dealkylation sites (N-methyl/N-ethyl adjacent to an activating group) is 1. The van der Waals surface area contributed by atoms with E-state index in [0.717, 1.165) is 56.9 Å². The fourth-order valence-electron chi connectivity index (χ4n) is 4.33. The van der Waals surface area contributed by atoms with Crippen molar-refractivity contribution in [3.05, 3.63) is 23.8 Å². The van der Waals surface area contributed by atoms with Crippen molar-refractivity contribution in [3.63, 3.8) is 0 Å². The molecule has 2 aliphatic heterocycles. The van der Waals surface area contributed by atoms with Crippen molar-refractivity contribution in [1.82, 2.24) is 9.80 Å². The van der Waals surface area contributed by atoms with Gasteiger partial charge in [-0.15, -0.1) is 0 Å². The number of hydrogen-bond acceptors (Lipinski definition) is 5. The molecule has 0 aliphatic carbocycles. The van der Waals surface area contributed by atoms with Crippen LogP contribution in [0.15, 0.2) is 18.2 Å². The summed E-state index contributed by atoms with van der Waals surface area (Å²) >= 11 is 0. The summed E-state index contributed by atoms with van der Waals surface area (Å²) in [5.74, 6) is 0.819. The number of carboxylic acids is 1. The predicted octanol–water partition coefficient (Wildman–Crippen LogP) is 2.07. The monoisotopic (exact) mass is 348 g/mol. The first-order valence-corrected chi connectivity index (χ1v) is 8.83. The lowest BCUT2D eigenvalue weighted by atomic mass is 9.76. The number of carboxylic acid groups (broad SMARTS) is 1. The van der Waals surface area contributed by atoms with Crippen LogP contribution in [0.1, 0.15) is 24.8 Å². The quantitative estimate of drug-likeness (QED) is 0.879. The Hall–Kier alpha value is -1.79. The van der Waals surface area contributed by atoms with Gasteiger partial charge in [-0.2, -0.15) is 0 Å². The zero-order valence-corrected chi connectivity index (χ0v) is 15.3. The van der Waals surface area contributed by atoms with Crippen molar-refractivity contribution in [1.29, 1.82) is 0 Å². The Morgan fingerprint density at radius 1 is 1.24 bits per heavy atom. The smallest absolute Gasteiger partial charge is 0.320 e. The van der Waals surface area contributed by atoms with Gasteiger partial charge in [-0.3, -0.25) is 14.6 Å². The summed E-state index contributed by atoms with van der Waals surface area (Å²) < 4.78 is 10.7. The van der Waals surface area contributed by atoms with Crippen LogP contribution in [0.2, 0.25) is 0 Å². The number of rotatable bonds is 5. The molecule has 0 aromatic heterocycles. The first-order valence-electron chi connectivity index (χ1n) is 8.83. The zero-order valence-electron chi connectivity index (χ0n) is 15.3. The minimum Gasteiger partial charge on any atom is -0.493 e. The van der Waals surface area contributed by atoms with Crippen molar-refractivity contribution >= 4 is 5.97 Å². The first kappa shape index (κ1) is 18.0. The van der Waals surface area contributed by atoms with E-state index < -0.39 is 5.97 Å². The van der Waals surface area contributed by atoms with Crippen LogP contribution in [0.5, 0.6) is 11.5 Å². The summed E-state index contributed by atoms with van der Waals surface area (Å²) in [6.45, 7) is 3.80. The third-order valence-electron chi connectivity index (χ3n) is 5.80. The van der Waals surface area contributed by atoms with Crippen LogP contribution in [0, 0.1) is 5.41 Å². The molecule has 2 aliphatic rings. The van der Waals surface area contributed by atoms with Gasteiger partial charge in [-0.1, -0.05) is 6.07 Å². The fraction of sp³-hybridized carbons (Fsp3) is 0.632. The van der Waals surface area contributed by atoms with E-state index in [1.807, 2.05) is 24.1 Å². The Bertz CT molecular complexity index is 626. The molecule has 0 unspecified atom stereocenters. The summed E-state index contributed by atoms with van der Waals surface area (Å²) in [6.07, 6.45) is 2.91. The number of nitrogens with zero attached hydrogens (tertiary/aromatic N) is 2. The van der Waals surface area contributed by atoms with Crippen molar-refractivity contribution in [2.24, 2.45) is 5.41 Å². The first-order chi connectivity index (χ1) is 12.0. The average Bonchev–Trinajstić information content (AvgIpc) is 2.93. The third-order valence-corrected chi connectivity index (χ3v) is 5.80. The van der Waals surface area contributed by atoms with Gasteiger partial charge in [-0.05, 0) is 62.5 Å². The summed E-state index contributed by atoms with van der Waals surface area (Å²) in [6, 6.07) is 5.74. The number of carbonyl (C=O) groups is 1. The number of aliphatic carboxylic acids is 1. The van der Waals surface area contributed by atoms with Gasteiger partial charge in [0.25, 0.3) is 0 Å². The molecule has 3 rings (SSSR count). The number of piperidine rings is 1. The summed E-state index contributed by atoms with van der Waals surface area (Å²) in [5.41, 5.74) is 1.38. The highest BCUT2D eigenvalue weighted by atomic mass is 16.5. The second-order valence-corrected chi connectivity index (χ2v) is 7.44. The normalized spacial score (nSPS) is 23.7. The fourth-order valence-corrected chi connectivity index (χ4v) is 4.33. The van der Waals surface area contributed by atoms with Crippen LogP contribution >= 0.6 is 0 Å². The van der Waals surface area contributed by atoms with Crippen LogP contribution in [0.3, 0.4) is 0 Å². The molecule has 2 saturated heterocycles. The van der Waals surface area contributed by atoms with Crippen LogP contribution in [0.4, 0.5) is 0 Å². The highest BCUT2D eigenvalue weighted by Crippen LogP contribution is 2.43. The molecule has 138 valence electrons. The predicted molar refractivity (Wildman–Crippen MR) is 95.2 cm³/mol. The molecule has 1 atom stereocenters. The Morgan fingerprint density at radius 3 is 2.48 bits per heavy atom. The molecule has 0 radical (unpaired) electrons. The molecule has 0 bridgehead atoms. The number of methoxy groups -OCH3 is 2. The number of ether oxygens (including phenoxy) is 2. The van der Waals surface area contributed by atoms with E-state index >= 15 is 0 Å². The second kappa shape index (κ2) is 7.22. The number of likely N-dealkylation sites (tertiary alicyclic amines) is 2.